The largest absolute Gasteiger partial charge is 0.497 e. The molecule has 3 heterocycles. The van der Waals surface area contributed by atoms with Gasteiger partial charge in [-0.2, -0.15) is 4.52 Å². The number of aromatic nitrogens is 5. The summed E-state index contributed by atoms with van der Waals surface area (Å²) in [5, 5.41) is 8.04. The zero-order chi connectivity index (χ0) is 21.4. The van der Waals surface area contributed by atoms with Crippen LogP contribution in [-0.4, -0.2) is 31.7 Å². The van der Waals surface area contributed by atoms with E-state index >= 15 is 0 Å². The summed E-state index contributed by atoms with van der Waals surface area (Å²) in [5.74, 6) is 0.895. The number of methoxy groups -OCH3 is 1. The Labute approximate surface area is 175 Å². The standard InChI is InChI=1S/C22H15FN6O2/c1-31-15-6-4-5-13(11-15)19-27-20-16-12-14(23)8-9-17(16)25-22(29(20)28-19)26-18-7-2-3-10-24-21(18)30/h2-12H,1H3,(H,24,25,26,30). The van der Waals surface area contributed by atoms with E-state index in [1.165, 1.54) is 22.8 Å². The molecule has 0 atom stereocenters. The predicted molar refractivity (Wildman–Crippen MR) is 114 cm³/mol. The molecule has 1 N–H and O–H groups in total. The van der Waals surface area contributed by atoms with Gasteiger partial charge in [0, 0.05) is 17.1 Å². The van der Waals surface area contributed by atoms with E-state index in [9.17, 15) is 9.18 Å². The molecule has 0 aliphatic carbocycles. The van der Waals surface area contributed by atoms with Crippen LogP contribution in [0.25, 0.3) is 27.9 Å². The second kappa shape index (κ2) is 7.45. The molecule has 31 heavy (non-hydrogen) atoms. The first-order valence-electron chi connectivity index (χ1n) is 9.35. The number of rotatable bonds is 4. The number of ether oxygens (including phenoxy) is 1. The Morgan fingerprint density at radius 1 is 1.03 bits per heavy atom. The summed E-state index contributed by atoms with van der Waals surface area (Å²) in [6, 6.07) is 16.4. The van der Waals surface area contributed by atoms with Crippen LogP contribution in [0.4, 0.5) is 16.0 Å². The highest BCUT2D eigenvalue weighted by molar-refractivity contribution is 5.93. The summed E-state index contributed by atoms with van der Waals surface area (Å²) >= 11 is 0. The number of hydrogen-bond donors (Lipinski definition) is 1. The average molecular weight is 414 g/mol. The van der Waals surface area contributed by atoms with Gasteiger partial charge in [0.15, 0.2) is 11.5 Å². The van der Waals surface area contributed by atoms with Gasteiger partial charge in [0.25, 0.3) is 5.56 Å². The maximum atomic E-state index is 14.0. The molecule has 5 rings (SSSR count). The molecule has 152 valence electrons. The van der Waals surface area contributed by atoms with E-state index in [-0.39, 0.29) is 11.6 Å². The normalized spacial score (nSPS) is 11.0. The highest BCUT2D eigenvalue weighted by atomic mass is 19.1. The van der Waals surface area contributed by atoms with E-state index < -0.39 is 11.4 Å². The predicted octanol–water partition coefficient (Wildman–Crippen LogP) is 3.59. The van der Waals surface area contributed by atoms with E-state index in [2.05, 4.69) is 25.4 Å². The van der Waals surface area contributed by atoms with Crippen LogP contribution in [0.2, 0.25) is 0 Å². The molecule has 0 spiro atoms. The Hall–Kier alpha value is -4.40. The molecule has 2 aromatic carbocycles. The highest BCUT2D eigenvalue weighted by Gasteiger charge is 2.16. The monoisotopic (exact) mass is 414 g/mol. The molecule has 8 nitrogen and oxygen atoms in total. The average Bonchev–Trinajstić information content (AvgIpc) is 3.15. The molecule has 3 aromatic heterocycles. The number of anilines is 2. The van der Waals surface area contributed by atoms with Crippen molar-refractivity contribution in [2.45, 2.75) is 0 Å². The lowest BCUT2D eigenvalue weighted by atomic mass is 10.2. The van der Waals surface area contributed by atoms with Gasteiger partial charge < -0.3 is 10.1 Å². The van der Waals surface area contributed by atoms with Gasteiger partial charge in [0.1, 0.15) is 17.3 Å². The van der Waals surface area contributed by atoms with Crippen molar-refractivity contribution < 1.29 is 9.13 Å². The maximum absolute atomic E-state index is 14.0. The molecule has 9 heteroatoms. The summed E-state index contributed by atoms with van der Waals surface area (Å²) in [5.41, 5.74) is 1.38. The van der Waals surface area contributed by atoms with Crippen LogP contribution in [0, 0.1) is 5.82 Å². The zero-order valence-corrected chi connectivity index (χ0v) is 16.3. The van der Waals surface area contributed by atoms with Gasteiger partial charge in [-0.05, 0) is 42.5 Å². The molecular formula is C22H15FN6O2. The van der Waals surface area contributed by atoms with Gasteiger partial charge >= 0.3 is 0 Å². The van der Waals surface area contributed by atoms with Crippen molar-refractivity contribution in [2.24, 2.45) is 0 Å². The van der Waals surface area contributed by atoms with Crippen LogP contribution in [0.1, 0.15) is 0 Å². The van der Waals surface area contributed by atoms with Crippen molar-refractivity contribution in [1.82, 2.24) is 24.6 Å². The fourth-order valence-corrected chi connectivity index (χ4v) is 3.21. The number of halogens is 1. The molecule has 0 amide bonds. The summed E-state index contributed by atoms with van der Waals surface area (Å²) in [4.78, 5) is 25.2. The summed E-state index contributed by atoms with van der Waals surface area (Å²) in [7, 11) is 1.58. The van der Waals surface area contributed by atoms with E-state index in [0.717, 1.165) is 5.56 Å². The molecule has 0 radical (unpaired) electrons. The van der Waals surface area contributed by atoms with Crippen LogP contribution >= 0.6 is 0 Å². The minimum Gasteiger partial charge on any atom is -0.497 e. The Morgan fingerprint density at radius 2 is 1.94 bits per heavy atom. The fourth-order valence-electron chi connectivity index (χ4n) is 3.21. The molecular weight excluding hydrogens is 399 g/mol. The highest BCUT2D eigenvalue weighted by Crippen LogP contribution is 2.27. The minimum absolute atomic E-state index is 0.221. The molecule has 5 aromatic rings. The van der Waals surface area contributed by atoms with Crippen LogP contribution in [0.5, 0.6) is 5.75 Å². The first-order valence-corrected chi connectivity index (χ1v) is 9.35. The van der Waals surface area contributed by atoms with E-state index in [0.29, 0.717) is 28.1 Å². The third-order valence-electron chi connectivity index (χ3n) is 4.69. The summed E-state index contributed by atoms with van der Waals surface area (Å²) in [6.45, 7) is 0. The van der Waals surface area contributed by atoms with Crippen LogP contribution in [0.3, 0.4) is 0 Å². The molecule has 0 aliphatic rings. The van der Waals surface area contributed by atoms with Crippen molar-refractivity contribution in [2.75, 3.05) is 12.4 Å². The molecule has 0 saturated heterocycles. The topological polar surface area (TPSA) is 94.3 Å². The summed E-state index contributed by atoms with van der Waals surface area (Å²) < 4.78 is 20.7. The van der Waals surface area contributed by atoms with Gasteiger partial charge in [0.2, 0.25) is 5.95 Å². The third-order valence-corrected chi connectivity index (χ3v) is 4.69. The smallest absolute Gasteiger partial charge is 0.293 e. The van der Waals surface area contributed by atoms with Gasteiger partial charge in [0.05, 0.1) is 12.6 Å². The molecule has 0 fully saturated rings. The van der Waals surface area contributed by atoms with Gasteiger partial charge in [-0.15, -0.1) is 5.10 Å². The zero-order valence-electron chi connectivity index (χ0n) is 16.3. The lowest BCUT2D eigenvalue weighted by Gasteiger charge is -2.07. The third kappa shape index (κ3) is 3.42. The van der Waals surface area contributed by atoms with Gasteiger partial charge in [-0.25, -0.2) is 19.3 Å². The molecule has 0 aliphatic heterocycles. The Balaban J connectivity index is 1.76. The SMILES string of the molecule is COc1cccc(-c2nc3c4cc(F)ccc4nc(Nc4ccccnc4=O)n3n2)c1. The lowest BCUT2D eigenvalue weighted by Crippen LogP contribution is -2.11. The van der Waals surface area contributed by atoms with E-state index in [1.54, 1.807) is 37.4 Å². The van der Waals surface area contributed by atoms with E-state index in [1.807, 2.05) is 18.2 Å². The summed E-state index contributed by atoms with van der Waals surface area (Å²) in [6.07, 6.45) is 1.41. The van der Waals surface area contributed by atoms with Crippen molar-refractivity contribution in [1.29, 1.82) is 0 Å². The second-order valence-corrected chi connectivity index (χ2v) is 6.67. The maximum Gasteiger partial charge on any atom is 0.293 e. The Bertz CT molecular complexity index is 1500. The first kappa shape index (κ1) is 18.6. The molecule has 0 saturated carbocycles. The van der Waals surface area contributed by atoms with Crippen molar-refractivity contribution in [3.8, 4) is 17.1 Å². The Kier molecular flexibility index (Phi) is 4.47. The number of nitrogens with zero attached hydrogens (tertiary/aromatic N) is 5. The van der Waals surface area contributed by atoms with Crippen LogP contribution in [-0.2, 0) is 0 Å². The lowest BCUT2D eigenvalue weighted by molar-refractivity contribution is 0.415. The minimum atomic E-state index is -0.452. The Morgan fingerprint density at radius 3 is 2.81 bits per heavy atom. The van der Waals surface area contributed by atoms with Crippen molar-refractivity contribution in [3.63, 3.8) is 0 Å². The van der Waals surface area contributed by atoms with Gasteiger partial charge in [-0.1, -0.05) is 18.2 Å². The van der Waals surface area contributed by atoms with Gasteiger partial charge in [-0.3, -0.25) is 4.79 Å². The number of fused-ring (bicyclic) bond motifs is 3. The number of nitrogens with one attached hydrogen (secondary N) is 1. The second-order valence-electron chi connectivity index (χ2n) is 6.67. The van der Waals surface area contributed by atoms with E-state index in [4.69, 9.17) is 4.74 Å². The van der Waals surface area contributed by atoms with Crippen LogP contribution < -0.4 is 15.6 Å². The van der Waals surface area contributed by atoms with Crippen molar-refractivity contribution in [3.05, 3.63) is 83.0 Å². The molecule has 0 bridgehead atoms. The number of hydrogen-bond acceptors (Lipinski definition) is 7. The molecule has 0 unspecified atom stereocenters. The van der Waals surface area contributed by atoms with Crippen LogP contribution in [0.15, 0.2) is 71.7 Å². The fraction of sp³-hybridized carbons (Fsp3) is 0.0455. The quantitative estimate of drug-likeness (QED) is 0.480. The first-order chi connectivity index (χ1) is 15.1. The number of benzene rings is 2. The van der Waals surface area contributed by atoms with Crippen molar-refractivity contribution >= 4 is 28.2 Å².